The van der Waals surface area contributed by atoms with Crippen LogP contribution >= 0.6 is 0 Å². The third-order valence-electron chi connectivity index (χ3n) is 4.27. The van der Waals surface area contributed by atoms with Gasteiger partial charge in [0.2, 0.25) is 0 Å². The smallest absolute Gasteiger partial charge is 0.268 e. The van der Waals surface area contributed by atoms with Gasteiger partial charge < -0.3 is 9.47 Å². The summed E-state index contributed by atoms with van der Waals surface area (Å²) in [6.45, 7) is 0. The topological polar surface area (TPSA) is 86.5 Å². The zero-order valence-electron chi connectivity index (χ0n) is 15.4. The summed E-state index contributed by atoms with van der Waals surface area (Å²) in [6.07, 6.45) is 1.64. The van der Waals surface area contributed by atoms with E-state index in [1.165, 1.54) is 0 Å². The molecule has 4 rings (SSSR count). The van der Waals surface area contributed by atoms with Crippen LogP contribution in [0.15, 0.2) is 65.8 Å². The van der Waals surface area contributed by atoms with Gasteiger partial charge in [-0.3, -0.25) is 0 Å². The van der Waals surface area contributed by atoms with Crippen molar-refractivity contribution in [3.05, 3.63) is 66.2 Å². The fourth-order valence-corrected chi connectivity index (χ4v) is 2.90. The van der Waals surface area contributed by atoms with E-state index in [2.05, 4.69) is 26.1 Å². The number of hydrazone groups is 1. The molecule has 1 aromatic heterocycles. The van der Waals surface area contributed by atoms with Gasteiger partial charge in [-0.15, -0.1) is 0 Å². The van der Waals surface area contributed by atoms with Crippen LogP contribution in [0.5, 0.6) is 11.5 Å². The highest BCUT2D eigenvalue weighted by Crippen LogP contribution is 2.24. The molecular weight excluding hydrogens is 356 g/mol. The summed E-state index contributed by atoms with van der Waals surface area (Å²) < 4.78 is 12.2. The molecule has 8 nitrogen and oxygen atoms in total. The molecule has 8 heteroatoms. The van der Waals surface area contributed by atoms with E-state index in [4.69, 9.17) is 9.47 Å². The van der Waals surface area contributed by atoms with Gasteiger partial charge in [-0.25, -0.2) is 5.43 Å². The molecule has 0 bridgehead atoms. The van der Waals surface area contributed by atoms with Crippen molar-refractivity contribution in [2.75, 3.05) is 19.6 Å². The van der Waals surface area contributed by atoms with E-state index < -0.39 is 0 Å². The molecule has 0 unspecified atom stereocenters. The molecule has 0 saturated heterocycles. The number of fused-ring (bicyclic) bond motifs is 1. The van der Waals surface area contributed by atoms with Gasteiger partial charge in [-0.2, -0.15) is 9.78 Å². The van der Waals surface area contributed by atoms with Crippen LogP contribution in [-0.2, 0) is 0 Å². The van der Waals surface area contributed by atoms with Crippen LogP contribution < -0.4 is 14.9 Å². The van der Waals surface area contributed by atoms with Gasteiger partial charge in [0.25, 0.3) is 5.95 Å². The van der Waals surface area contributed by atoms with Crippen molar-refractivity contribution < 1.29 is 9.47 Å². The average Bonchev–Trinajstić information content (AvgIpc) is 3.21. The monoisotopic (exact) mass is 374 g/mol. The third kappa shape index (κ3) is 3.35. The molecule has 1 heterocycles. The minimum atomic E-state index is 0.403. The Kier molecular flexibility index (Phi) is 4.83. The minimum Gasteiger partial charge on any atom is -0.497 e. The number of nitrogens with one attached hydrogen (secondary N) is 1. The van der Waals surface area contributed by atoms with Crippen LogP contribution in [0.2, 0.25) is 0 Å². The summed E-state index contributed by atoms with van der Waals surface area (Å²) in [5, 5.41) is 18.3. The van der Waals surface area contributed by atoms with Crippen molar-refractivity contribution in [1.29, 1.82) is 0 Å². The Hall–Kier alpha value is -3.94. The first-order valence-corrected chi connectivity index (χ1v) is 8.58. The van der Waals surface area contributed by atoms with Crippen molar-refractivity contribution in [3.63, 3.8) is 0 Å². The van der Waals surface area contributed by atoms with Crippen LogP contribution in [0, 0.1) is 0 Å². The number of methoxy groups -OCH3 is 2. The molecule has 0 radical (unpaired) electrons. The van der Waals surface area contributed by atoms with Crippen molar-refractivity contribution in [3.8, 4) is 17.2 Å². The quantitative estimate of drug-likeness (QED) is 0.412. The fourth-order valence-electron chi connectivity index (χ4n) is 2.90. The van der Waals surface area contributed by atoms with Gasteiger partial charge in [0.15, 0.2) is 0 Å². The Balaban J connectivity index is 1.61. The summed E-state index contributed by atoms with van der Waals surface area (Å²) in [5.74, 6) is 1.76. The highest BCUT2D eigenvalue weighted by molar-refractivity contribution is 5.90. The van der Waals surface area contributed by atoms with E-state index in [-0.39, 0.29) is 0 Å². The predicted octanol–water partition coefficient (Wildman–Crippen LogP) is 3.28. The molecule has 0 spiro atoms. The van der Waals surface area contributed by atoms with E-state index in [0.717, 1.165) is 22.0 Å². The lowest BCUT2D eigenvalue weighted by Gasteiger charge is -2.08. The van der Waals surface area contributed by atoms with Crippen LogP contribution in [0.25, 0.3) is 16.5 Å². The molecule has 4 aromatic rings. The Bertz CT molecular complexity index is 1130. The number of rotatable bonds is 6. The average molecular weight is 374 g/mol. The van der Waals surface area contributed by atoms with E-state index in [1.807, 2.05) is 54.6 Å². The Labute approximate surface area is 161 Å². The molecule has 28 heavy (non-hydrogen) atoms. The summed E-state index contributed by atoms with van der Waals surface area (Å²) in [7, 11) is 3.21. The number of tetrazole rings is 1. The van der Waals surface area contributed by atoms with Gasteiger partial charge >= 0.3 is 0 Å². The molecule has 3 aromatic carbocycles. The van der Waals surface area contributed by atoms with Crippen molar-refractivity contribution in [1.82, 2.24) is 20.2 Å². The number of ether oxygens (including phenoxy) is 2. The standard InChI is InChI=1S/C20H18N6O2/c1-27-16-11-10-15(19(12-16)28-2)13-21-22-20-23-24-25-26(20)18-9-5-7-14-6-3-4-8-17(14)18/h3-13H,1-2H3,(H,22,23,25)/b21-13-. The maximum atomic E-state index is 5.37. The maximum Gasteiger partial charge on any atom is 0.268 e. The van der Waals surface area contributed by atoms with Crippen molar-refractivity contribution >= 4 is 22.9 Å². The van der Waals surface area contributed by atoms with Crippen LogP contribution in [-0.4, -0.2) is 40.6 Å². The first-order chi connectivity index (χ1) is 13.8. The molecular formula is C20H18N6O2. The summed E-state index contributed by atoms with van der Waals surface area (Å²) in [4.78, 5) is 0. The van der Waals surface area contributed by atoms with Gasteiger partial charge in [0, 0.05) is 17.0 Å². The summed E-state index contributed by atoms with van der Waals surface area (Å²) in [5.41, 5.74) is 4.55. The van der Waals surface area contributed by atoms with E-state index >= 15 is 0 Å². The predicted molar refractivity (Wildman–Crippen MR) is 107 cm³/mol. The maximum absolute atomic E-state index is 5.37. The van der Waals surface area contributed by atoms with Gasteiger partial charge in [-0.1, -0.05) is 41.5 Å². The molecule has 0 atom stereocenters. The van der Waals surface area contributed by atoms with Gasteiger partial charge in [0.1, 0.15) is 11.5 Å². The second kappa shape index (κ2) is 7.75. The molecule has 1 N–H and O–H groups in total. The lowest BCUT2D eigenvalue weighted by Crippen LogP contribution is -2.04. The normalized spacial score (nSPS) is 11.1. The molecule has 140 valence electrons. The number of hydrogen-bond donors (Lipinski definition) is 1. The third-order valence-corrected chi connectivity index (χ3v) is 4.27. The second-order valence-electron chi connectivity index (χ2n) is 5.89. The minimum absolute atomic E-state index is 0.403. The van der Waals surface area contributed by atoms with Crippen LogP contribution in [0.3, 0.4) is 0 Å². The SMILES string of the molecule is COc1ccc(/C=N\Nc2nnnn2-c2cccc3ccccc23)c(OC)c1. The fraction of sp³-hybridized carbons (Fsp3) is 0.100. The molecule has 0 aliphatic carbocycles. The number of benzene rings is 3. The molecule has 0 fully saturated rings. The van der Waals surface area contributed by atoms with Gasteiger partial charge in [0.05, 0.1) is 26.1 Å². The highest BCUT2D eigenvalue weighted by atomic mass is 16.5. The molecule has 0 aliphatic rings. The largest absolute Gasteiger partial charge is 0.497 e. The molecule has 0 aliphatic heterocycles. The Morgan fingerprint density at radius 1 is 1.00 bits per heavy atom. The van der Waals surface area contributed by atoms with E-state index in [9.17, 15) is 0 Å². The Morgan fingerprint density at radius 2 is 1.86 bits per heavy atom. The summed E-state index contributed by atoms with van der Waals surface area (Å²) in [6, 6.07) is 19.5. The number of aromatic nitrogens is 4. The number of hydrogen-bond acceptors (Lipinski definition) is 7. The molecule has 0 amide bonds. The lowest BCUT2D eigenvalue weighted by molar-refractivity contribution is 0.394. The zero-order chi connectivity index (χ0) is 19.3. The van der Waals surface area contributed by atoms with Crippen LogP contribution in [0.4, 0.5) is 5.95 Å². The van der Waals surface area contributed by atoms with E-state index in [0.29, 0.717) is 17.4 Å². The van der Waals surface area contributed by atoms with Crippen molar-refractivity contribution in [2.45, 2.75) is 0 Å². The highest BCUT2D eigenvalue weighted by Gasteiger charge is 2.10. The van der Waals surface area contributed by atoms with E-state index in [1.54, 1.807) is 31.2 Å². The lowest BCUT2D eigenvalue weighted by atomic mass is 10.1. The second-order valence-corrected chi connectivity index (χ2v) is 5.89. The van der Waals surface area contributed by atoms with Crippen LogP contribution in [0.1, 0.15) is 5.56 Å². The van der Waals surface area contributed by atoms with Gasteiger partial charge in [-0.05, 0) is 34.0 Å². The summed E-state index contributed by atoms with van der Waals surface area (Å²) >= 11 is 0. The number of nitrogens with zero attached hydrogens (tertiary/aromatic N) is 5. The Morgan fingerprint density at radius 3 is 2.71 bits per heavy atom. The first kappa shape index (κ1) is 17.5. The number of anilines is 1. The first-order valence-electron chi connectivity index (χ1n) is 8.58. The zero-order valence-corrected chi connectivity index (χ0v) is 15.4. The van der Waals surface area contributed by atoms with Crippen molar-refractivity contribution in [2.24, 2.45) is 5.10 Å². The molecule has 0 saturated carbocycles.